The first-order valence-electron chi connectivity index (χ1n) is 9.14. The van der Waals surface area contributed by atoms with Crippen LogP contribution in [0.5, 0.6) is 0 Å². The smallest absolute Gasteiger partial charge is 0.233 e. The number of imide groups is 1. The first-order chi connectivity index (χ1) is 12.6. The van der Waals surface area contributed by atoms with E-state index >= 15 is 0 Å². The third kappa shape index (κ3) is 2.26. The molecule has 3 fully saturated rings. The number of nitrogens with zero attached hydrogens (tertiary/aromatic N) is 1. The summed E-state index contributed by atoms with van der Waals surface area (Å²) in [5.74, 6) is 0.781. The first-order valence-corrected chi connectivity index (χ1v) is 9.52. The van der Waals surface area contributed by atoms with Crippen LogP contribution in [-0.4, -0.2) is 29.2 Å². The second kappa shape index (κ2) is 5.68. The lowest BCUT2D eigenvalue weighted by Crippen LogP contribution is -2.40. The summed E-state index contributed by atoms with van der Waals surface area (Å²) in [5.41, 5.74) is 0.536. The average Bonchev–Trinajstić information content (AvgIpc) is 3.41. The maximum atomic E-state index is 12.8. The molecule has 0 unspecified atom stereocenters. The fraction of sp³-hybridized carbons (Fsp3) is 0.450. The maximum Gasteiger partial charge on any atom is 0.233 e. The minimum Gasteiger partial charge on any atom is -0.325 e. The summed E-state index contributed by atoms with van der Waals surface area (Å²) in [7, 11) is 0. The highest BCUT2D eigenvalue weighted by molar-refractivity contribution is 6.33. The van der Waals surface area contributed by atoms with E-state index in [4.69, 9.17) is 11.6 Å². The van der Waals surface area contributed by atoms with Gasteiger partial charge in [-0.3, -0.25) is 19.3 Å². The van der Waals surface area contributed by atoms with Gasteiger partial charge < -0.3 is 5.32 Å². The van der Waals surface area contributed by atoms with E-state index < -0.39 is 0 Å². The number of carbonyl (C=O) groups excluding carboxylic acids is 3. The molecule has 5 nitrogen and oxygen atoms in total. The highest BCUT2D eigenvalue weighted by atomic mass is 35.5. The van der Waals surface area contributed by atoms with Gasteiger partial charge in [-0.15, -0.1) is 0 Å². The summed E-state index contributed by atoms with van der Waals surface area (Å²) in [5, 5.41) is 3.20. The van der Waals surface area contributed by atoms with E-state index in [0.29, 0.717) is 22.5 Å². The normalized spacial score (nSPS) is 36.1. The Hall–Kier alpha value is -2.14. The van der Waals surface area contributed by atoms with Crippen molar-refractivity contribution in [1.82, 2.24) is 4.90 Å². The van der Waals surface area contributed by atoms with Gasteiger partial charge in [0.25, 0.3) is 0 Å². The largest absolute Gasteiger partial charge is 0.325 e. The molecule has 2 bridgehead atoms. The van der Waals surface area contributed by atoms with Crippen LogP contribution in [0.3, 0.4) is 0 Å². The molecule has 2 saturated carbocycles. The van der Waals surface area contributed by atoms with Gasteiger partial charge in [-0.1, -0.05) is 35.9 Å². The van der Waals surface area contributed by atoms with Gasteiger partial charge in [0.2, 0.25) is 17.7 Å². The molecule has 134 valence electrons. The van der Waals surface area contributed by atoms with Crippen LogP contribution in [0.4, 0.5) is 5.69 Å². The van der Waals surface area contributed by atoms with E-state index in [1.807, 2.05) is 0 Å². The lowest BCUT2D eigenvalue weighted by molar-refractivity contribution is -0.140. The van der Waals surface area contributed by atoms with E-state index in [1.165, 1.54) is 4.90 Å². The van der Waals surface area contributed by atoms with E-state index in [9.17, 15) is 14.4 Å². The topological polar surface area (TPSA) is 66.5 Å². The Kier molecular flexibility index (Phi) is 3.51. The van der Waals surface area contributed by atoms with Crippen LogP contribution in [0.15, 0.2) is 36.4 Å². The van der Waals surface area contributed by atoms with Crippen molar-refractivity contribution in [3.8, 4) is 0 Å². The van der Waals surface area contributed by atoms with Gasteiger partial charge in [-0.05, 0) is 42.2 Å². The number of likely N-dealkylation sites (tertiary alicyclic amines) is 1. The minimum absolute atomic E-state index is 0.0811. The molecule has 5 aliphatic rings. The molecule has 1 N–H and O–H groups in total. The average molecular weight is 371 g/mol. The van der Waals surface area contributed by atoms with Crippen LogP contribution in [0.1, 0.15) is 12.8 Å². The van der Waals surface area contributed by atoms with E-state index in [0.717, 1.165) is 6.42 Å². The number of hydrogen-bond acceptors (Lipinski definition) is 3. The monoisotopic (exact) mass is 370 g/mol. The van der Waals surface area contributed by atoms with Crippen LogP contribution in [0, 0.1) is 35.5 Å². The Morgan fingerprint density at radius 2 is 1.69 bits per heavy atom. The lowest BCUT2D eigenvalue weighted by Gasteiger charge is -2.37. The molecular formula is C20H19ClN2O3. The molecule has 0 aromatic heterocycles. The zero-order valence-electron chi connectivity index (χ0n) is 14.1. The molecule has 1 aromatic carbocycles. The fourth-order valence-electron chi connectivity index (χ4n) is 5.23. The van der Waals surface area contributed by atoms with Gasteiger partial charge in [0.1, 0.15) is 0 Å². The second-order valence-electron chi connectivity index (χ2n) is 7.76. The zero-order valence-corrected chi connectivity index (χ0v) is 14.9. The fourth-order valence-corrected chi connectivity index (χ4v) is 5.41. The number of para-hydroxylation sites is 1. The SMILES string of the molecule is O=C(CCN1C(=O)[C@@H]2[C@H]3C=C[C@@H]([C@@H]4C[C@@H]34)[C@H]2C1=O)Nc1ccccc1Cl. The minimum atomic E-state index is -0.252. The third-order valence-corrected chi connectivity index (χ3v) is 6.79. The van der Waals surface area contributed by atoms with Crippen LogP contribution < -0.4 is 5.32 Å². The Bertz CT molecular complexity index is 815. The molecular weight excluding hydrogens is 352 g/mol. The van der Waals surface area contributed by atoms with Crippen molar-refractivity contribution in [3.63, 3.8) is 0 Å². The molecule has 0 spiro atoms. The van der Waals surface area contributed by atoms with Gasteiger partial charge in [-0.25, -0.2) is 0 Å². The molecule has 1 heterocycles. The Balaban J connectivity index is 1.26. The van der Waals surface area contributed by atoms with Gasteiger partial charge in [0.05, 0.1) is 22.5 Å². The van der Waals surface area contributed by atoms with Crippen LogP contribution in [0.2, 0.25) is 5.02 Å². The highest BCUT2D eigenvalue weighted by Crippen LogP contribution is 2.65. The van der Waals surface area contributed by atoms with Gasteiger partial charge in [0.15, 0.2) is 0 Å². The van der Waals surface area contributed by atoms with Crippen molar-refractivity contribution in [2.24, 2.45) is 35.5 Å². The molecule has 3 amide bonds. The molecule has 1 saturated heterocycles. The van der Waals surface area contributed by atoms with Crippen molar-refractivity contribution in [3.05, 3.63) is 41.4 Å². The van der Waals surface area contributed by atoms with E-state index in [1.54, 1.807) is 24.3 Å². The molecule has 4 aliphatic carbocycles. The molecule has 0 radical (unpaired) electrons. The molecule has 6 rings (SSSR count). The van der Waals surface area contributed by atoms with Crippen molar-refractivity contribution < 1.29 is 14.4 Å². The molecule has 6 atom stereocenters. The standard InChI is InChI=1S/C20H19ClN2O3/c21-14-3-1-2-4-15(14)22-16(24)7-8-23-19(25)17-10-5-6-11(13-9-12(10)13)18(17)20(23)26/h1-6,10-13,17-18H,7-9H2,(H,22,24)/t10-,11-,12-,13-,17+,18+/m0/s1. The number of hydrogen-bond donors (Lipinski definition) is 1. The Labute approximate surface area is 156 Å². The number of anilines is 1. The Morgan fingerprint density at radius 3 is 2.31 bits per heavy atom. The number of rotatable bonds is 4. The molecule has 1 aromatic rings. The third-order valence-electron chi connectivity index (χ3n) is 6.46. The molecule has 6 heteroatoms. The number of benzene rings is 1. The lowest BCUT2D eigenvalue weighted by atomic mass is 9.63. The van der Waals surface area contributed by atoms with Gasteiger partial charge in [0, 0.05) is 13.0 Å². The summed E-state index contributed by atoms with van der Waals surface area (Å²) < 4.78 is 0. The number of amides is 3. The predicted octanol–water partition coefficient (Wildman–Crippen LogP) is 2.72. The van der Waals surface area contributed by atoms with Crippen LogP contribution in [-0.2, 0) is 14.4 Å². The number of allylic oxidation sites excluding steroid dienone is 2. The van der Waals surface area contributed by atoms with Crippen LogP contribution in [0.25, 0.3) is 0 Å². The van der Waals surface area contributed by atoms with Crippen molar-refractivity contribution >= 4 is 35.0 Å². The zero-order chi connectivity index (χ0) is 18.0. The summed E-state index contributed by atoms with van der Waals surface area (Å²) >= 11 is 6.04. The van der Waals surface area contributed by atoms with Crippen molar-refractivity contribution in [1.29, 1.82) is 0 Å². The molecule has 1 aliphatic heterocycles. The first kappa shape index (κ1) is 16.1. The van der Waals surface area contributed by atoms with Crippen molar-refractivity contribution in [2.45, 2.75) is 12.8 Å². The van der Waals surface area contributed by atoms with E-state index in [-0.39, 0.29) is 54.4 Å². The quantitative estimate of drug-likeness (QED) is 0.654. The number of halogens is 1. The summed E-state index contributed by atoms with van der Waals surface area (Å²) in [6.07, 6.45) is 5.53. The van der Waals surface area contributed by atoms with Crippen molar-refractivity contribution in [2.75, 3.05) is 11.9 Å². The summed E-state index contributed by atoms with van der Waals surface area (Å²) in [4.78, 5) is 39.2. The van der Waals surface area contributed by atoms with Crippen LogP contribution >= 0.6 is 11.6 Å². The summed E-state index contributed by atoms with van der Waals surface area (Å²) in [6.45, 7) is 0.135. The maximum absolute atomic E-state index is 12.8. The Morgan fingerprint density at radius 1 is 1.08 bits per heavy atom. The second-order valence-corrected chi connectivity index (χ2v) is 8.17. The summed E-state index contributed by atoms with van der Waals surface area (Å²) in [6, 6.07) is 6.99. The highest BCUT2D eigenvalue weighted by Gasteiger charge is 2.66. The number of carbonyl (C=O) groups is 3. The van der Waals surface area contributed by atoms with E-state index in [2.05, 4.69) is 17.5 Å². The van der Waals surface area contributed by atoms with Gasteiger partial charge in [-0.2, -0.15) is 0 Å². The number of nitrogens with one attached hydrogen (secondary N) is 1. The van der Waals surface area contributed by atoms with Gasteiger partial charge >= 0.3 is 0 Å². The molecule has 26 heavy (non-hydrogen) atoms. The predicted molar refractivity (Wildman–Crippen MR) is 96.1 cm³/mol.